The minimum absolute atomic E-state index is 0.166. The van der Waals surface area contributed by atoms with Crippen LogP contribution in [0.4, 0.5) is 0 Å². The smallest absolute Gasteiger partial charge is 0.255 e. The van der Waals surface area contributed by atoms with Crippen molar-refractivity contribution >= 4 is 16.8 Å². The number of para-hydroxylation sites is 1. The minimum atomic E-state index is 0.166. The summed E-state index contributed by atoms with van der Waals surface area (Å²) in [5.41, 5.74) is 5.33. The molecule has 2 aliphatic heterocycles. The van der Waals surface area contributed by atoms with Crippen LogP contribution in [0.15, 0.2) is 54.6 Å². The fourth-order valence-electron chi connectivity index (χ4n) is 4.63. The Labute approximate surface area is 177 Å². The third kappa shape index (κ3) is 3.71. The summed E-state index contributed by atoms with van der Waals surface area (Å²) in [6, 6.07) is 18.7. The van der Waals surface area contributed by atoms with Crippen molar-refractivity contribution < 1.29 is 4.79 Å². The van der Waals surface area contributed by atoms with Gasteiger partial charge in [-0.1, -0.05) is 48.5 Å². The number of rotatable bonds is 3. The summed E-state index contributed by atoms with van der Waals surface area (Å²) < 4.78 is 0. The van der Waals surface area contributed by atoms with Crippen molar-refractivity contribution in [3.63, 3.8) is 0 Å². The number of likely N-dealkylation sites (N-methyl/N-ethyl adjacent to an activating group) is 1. The van der Waals surface area contributed by atoms with Crippen LogP contribution in [0.5, 0.6) is 0 Å². The van der Waals surface area contributed by atoms with Crippen LogP contribution in [0.3, 0.4) is 0 Å². The number of pyridine rings is 1. The number of fused-ring (bicyclic) bond motifs is 2. The van der Waals surface area contributed by atoms with Gasteiger partial charge in [-0.25, -0.2) is 0 Å². The summed E-state index contributed by atoms with van der Waals surface area (Å²) in [5.74, 6) is 0.166. The molecule has 3 heterocycles. The maximum Gasteiger partial charge on any atom is 0.255 e. The molecule has 154 valence electrons. The van der Waals surface area contributed by atoms with Gasteiger partial charge in [0.1, 0.15) is 0 Å². The zero-order chi connectivity index (χ0) is 20.5. The van der Waals surface area contributed by atoms with Crippen LogP contribution in [0, 0.1) is 0 Å². The van der Waals surface area contributed by atoms with Crippen LogP contribution in [-0.4, -0.2) is 65.4 Å². The molecule has 2 aromatic carbocycles. The normalized spacial score (nSPS) is 17.8. The molecule has 30 heavy (non-hydrogen) atoms. The van der Waals surface area contributed by atoms with E-state index in [2.05, 4.69) is 53.2 Å². The van der Waals surface area contributed by atoms with Gasteiger partial charge in [-0.05, 0) is 18.7 Å². The molecule has 0 atom stereocenters. The standard InChI is InChI=1S/C25H28N4O/c1-27-13-15-29(16-14-27)25(30)24-20-9-5-6-10-22(20)26-23-11-12-28(18-21(23)24)17-19-7-3-2-4-8-19/h2-10H,11-18H2,1H3. The molecule has 5 rings (SSSR count). The van der Waals surface area contributed by atoms with Crippen LogP contribution in [0.25, 0.3) is 10.9 Å². The SMILES string of the molecule is CN1CCN(C(=O)c2c3c(nc4ccccc24)CCN(Cc2ccccc2)C3)CC1. The molecule has 1 fully saturated rings. The van der Waals surface area contributed by atoms with Gasteiger partial charge in [-0.15, -0.1) is 0 Å². The predicted molar refractivity (Wildman–Crippen MR) is 119 cm³/mol. The average molecular weight is 401 g/mol. The zero-order valence-corrected chi connectivity index (χ0v) is 17.6. The van der Waals surface area contributed by atoms with E-state index in [1.807, 2.05) is 23.1 Å². The first-order chi connectivity index (χ1) is 14.7. The number of piperazine rings is 1. The van der Waals surface area contributed by atoms with E-state index in [1.165, 1.54) is 5.56 Å². The van der Waals surface area contributed by atoms with Gasteiger partial charge >= 0.3 is 0 Å². The van der Waals surface area contributed by atoms with E-state index in [9.17, 15) is 4.79 Å². The first-order valence-corrected chi connectivity index (χ1v) is 10.8. The quantitative estimate of drug-likeness (QED) is 0.677. The van der Waals surface area contributed by atoms with Crippen molar-refractivity contribution in [2.45, 2.75) is 19.5 Å². The first kappa shape index (κ1) is 19.2. The molecule has 0 radical (unpaired) electrons. The Balaban J connectivity index is 1.52. The van der Waals surface area contributed by atoms with Crippen molar-refractivity contribution in [3.8, 4) is 0 Å². The van der Waals surface area contributed by atoms with Crippen molar-refractivity contribution in [2.24, 2.45) is 0 Å². The molecular formula is C25H28N4O. The highest BCUT2D eigenvalue weighted by atomic mass is 16.2. The summed E-state index contributed by atoms with van der Waals surface area (Å²) in [6.45, 7) is 6.07. The highest BCUT2D eigenvalue weighted by Crippen LogP contribution is 2.30. The molecule has 3 aromatic rings. The molecule has 5 heteroatoms. The molecule has 0 unspecified atom stereocenters. The van der Waals surface area contributed by atoms with Crippen LogP contribution in [-0.2, 0) is 19.5 Å². The molecule has 5 nitrogen and oxygen atoms in total. The second-order valence-corrected chi connectivity index (χ2v) is 8.47. The number of nitrogens with zero attached hydrogens (tertiary/aromatic N) is 4. The fraction of sp³-hybridized carbons (Fsp3) is 0.360. The molecule has 0 aliphatic carbocycles. The number of hydrogen-bond acceptors (Lipinski definition) is 4. The van der Waals surface area contributed by atoms with Gasteiger partial charge in [0.25, 0.3) is 5.91 Å². The maximum atomic E-state index is 13.7. The van der Waals surface area contributed by atoms with Crippen LogP contribution in [0.1, 0.15) is 27.2 Å². The maximum absolute atomic E-state index is 13.7. The lowest BCUT2D eigenvalue weighted by molar-refractivity contribution is 0.0663. The van der Waals surface area contributed by atoms with Crippen molar-refractivity contribution in [1.82, 2.24) is 19.7 Å². The summed E-state index contributed by atoms with van der Waals surface area (Å²) in [7, 11) is 2.12. The third-order valence-electron chi connectivity index (χ3n) is 6.38. The van der Waals surface area contributed by atoms with Crippen molar-refractivity contribution in [1.29, 1.82) is 0 Å². The number of carbonyl (C=O) groups is 1. The molecule has 1 saturated heterocycles. The summed E-state index contributed by atoms with van der Waals surface area (Å²) in [6.07, 6.45) is 0.885. The highest BCUT2D eigenvalue weighted by molar-refractivity contribution is 6.07. The average Bonchev–Trinajstić information content (AvgIpc) is 2.78. The van der Waals surface area contributed by atoms with Gasteiger partial charge < -0.3 is 9.80 Å². The van der Waals surface area contributed by atoms with Gasteiger partial charge in [0, 0.05) is 68.9 Å². The fourth-order valence-corrected chi connectivity index (χ4v) is 4.63. The third-order valence-corrected chi connectivity index (χ3v) is 6.38. The van der Waals surface area contributed by atoms with E-state index in [0.29, 0.717) is 0 Å². The topological polar surface area (TPSA) is 39.7 Å². The number of aromatic nitrogens is 1. The number of benzene rings is 2. The Hall–Kier alpha value is -2.76. The van der Waals surface area contributed by atoms with E-state index >= 15 is 0 Å². The Morgan fingerprint density at radius 1 is 0.933 bits per heavy atom. The first-order valence-electron chi connectivity index (χ1n) is 10.8. The van der Waals surface area contributed by atoms with Gasteiger partial charge in [-0.3, -0.25) is 14.7 Å². The van der Waals surface area contributed by atoms with E-state index < -0.39 is 0 Å². The molecule has 0 bridgehead atoms. The van der Waals surface area contributed by atoms with Gasteiger partial charge in [0.15, 0.2) is 0 Å². The Morgan fingerprint density at radius 2 is 1.67 bits per heavy atom. The van der Waals surface area contributed by atoms with Crippen LogP contribution < -0.4 is 0 Å². The molecule has 0 N–H and O–H groups in total. The predicted octanol–water partition coefficient (Wildman–Crippen LogP) is 3.18. The Bertz CT molecular complexity index is 1060. The minimum Gasteiger partial charge on any atom is -0.336 e. The van der Waals surface area contributed by atoms with E-state index in [4.69, 9.17) is 4.98 Å². The van der Waals surface area contributed by atoms with E-state index in [0.717, 1.165) is 80.0 Å². The van der Waals surface area contributed by atoms with E-state index in [-0.39, 0.29) is 5.91 Å². The Morgan fingerprint density at radius 3 is 2.47 bits per heavy atom. The number of hydrogen-bond donors (Lipinski definition) is 0. The summed E-state index contributed by atoms with van der Waals surface area (Å²) >= 11 is 0. The van der Waals surface area contributed by atoms with Crippen LogP contribution in [0.2, 0.25) is 0 Å². The molecule has 0 saturated carbocycles. The molecular weight excluding hydrogens is 372 g/mol. The molecule has 0 spiro atoms. The molecule has 1 aromatic heterocycles. The van der Waals surface area contributed by atoms with Gasteiger partial charge in [0.2, 0.25) is 0 Å². The monoisotopic (exact) mass is 400 g/mol. The lowest BCUT2D eigenvalue weighted by Gasteiger charge is -2.35. The highest BCUT2D eigenvalue weighted by Gasteiger charge is 2.29. The number of carbonyl (C=O) groups excluding carboxylic acids is 1. The second kappa shape index (κ2) is 8.17. The van der Waals surface area contributed by atoms with Crippen molar-refractivity contribution in [3.05, 3.63) is 77.0 Å². The largest absolute Gasteiger partial charge is 0.336 e. The lowest BCUT2D eigenvalue weighted by Crippen LogP contribution is -2.47. The molecule has 2 aliphatic rings. The Kier molecular flexibility index (Phi) is 5.23. The van der Waals surface area contributed by atoms with Gasteiger partial charge in [0.05, 0.1) is 11.1 Å². The van der Waals surface area contributed by atoms with Crippen LogP contribution >= 0.6 is 0 Å². The van der Waals surface area contributed by atoms with Crippen molar-refractivity contribution in [2.75, 3.05) is 39.8 Å². The second-order valence-electron chi connectivity index (χ2n) is 8.47. The molecule has 1 amide bonds. The lowest BCUT2D eigenvalue weighted by atomic mass is 9.94. The zero-order valence-electron chi connectivity index (χ0n) is 17.6. The van der Waals surface area contributed by atoms with E-state index in [1.54, 1.807) is 0 Å². The number of amides is 1. The summed E-state index contributed by atoms with van der Waals surface area (Å²) in [5, 5.41) is 0.988. The summed E-state index contributed by atoms with van der Waals surface area (Å²) in [4.78, 5) is 25.4. The van der Waals surface area contributed by atoms with Gasteiger partial charge in [-0.2, -0.15) is 0 Å².